The second-order valence-corrected chi connectivity index (χ2v) is 6.26. The van der Waals surface area contributed by atoms with Gasteiger partial charge in [0.25, 0.3) is 11.8 Å². The number of halogens is 1. The zero-order valence-corrected chi connectivity index (χ0v) is 15.1. The van der Waals surface area contributed by atoms with Crippen molar-refractivity contribution in [3.63, 3.8) is 0 Å². The van der Waals surface area contributed by atoms with Gasteiger partial charge in [-0.05, 0) is 44.4 Å². The highest BCUT2D eigenvalue weighted by atomic mass is 19.1. The molecule has 0 aliphatic rings. The number of nitrogens with zero attached hydrogens (tertiary/aromatic N) is 3. The molecule has 0 radical (unpaired) electrons. The van der Waals surface area contributed by atoms with Gasteiger partial charge in [0.1, 0.15) is 5.82 Å². The number of fused-ring (bicyclic) bond motifs is 1. The number of hydrogen-bond donors (Lipinski definition) is 2. The normalized spacial score (nSPS) is 11.0. The number of likely N-dealkylation sites (N-methyl/N-ethyl adjacent to an activating group) is 1. The zero-order valence-electron chi connectivity index (χ0n) is 15.1. The van der Waals surface area contributed by atoms with Crippen LogP contribution in [-0.4, -0.2) is 53.3 Å². The standard InChI is InChI=1S/C19H20FN5O2/c1-24(2)11-9-21-19(27)17-23-16(15-8-3-4-10-25(15)17)18(26)22-14-7-5-6-13(20)12-14/h3-8,10,12H,9,11H2,1-2H3,(H,21,27)(H,22,26). The summed E-state index contributed by atoms with van der Waals surface area (Å²) < 4.78 is 14.9. The number of rotatable bonds is 6. The summed E-state index contributed by atoms with van der Waals surface area (Å²) in [5, 5.41) is 5.40. The Morgan fingerprint density at radius 1 is 1.15 bits per heavy atom. The lowest BCUT2D eigenvalue weighted by Gasteiger charge is -2.09. The summed E-state index contributed by atoms with van der Waals surface area (Å²) in [6.45, 7) is 1.14. The molecule has 0 spiro atoms. The fourth-order valence-electron chi connectivity index (χ4n) is 2.59. The summed E-state index contributed by atoms with van der Waals surface area (Å²) in [5.41, 5.74) is 0.899. The molecule has 1 aromatic carbocycles. The van der Waals surface area contributed by atoms with E-state index in [9.17, 15) is 14.0 Å². The van der Waals surface area contributed by atoms with Crippen LogP contribution in [-0.2, 0) is 0 Å². The fraction of sp³-hybridized carbons (Fsp3) is 0.211. The van der Waals surface area contributed by atoms with Gasteiger partial charge < -0.3 is 15.5 Å². The largest absolute Gasteiger partial charge is 0.348 e. The first-order valence-electron chi connectivity index (χ1n) is 8.42. The number of nitrogens with one attached hydrogen (secondary N) is 2. The lowest BCUT2D eigenvalue weighted by molar-refractivity contribution is 0.0940. The minimum Gasteiger partial charge on any atom is -0.348 e. The molecule has 0 aliphatic carbocycles. The monoisotopic (exact) mass is 369 g/mol. The van der Waals surface area contributed by atoms with Gasteiger partial charge in [0.05, 0.1) is 5.52 Å². The summed E-state index contributed by atoms with van der Waals surface area (Å²) in [4.78, 5) is 31.3. The van der Waals surface area contributed by atoms with Crippen LogP contribution >= 0.6 is 0 Å². The average molecular weight is 369 g/mol. The van der Waals surface area contributed by atoms with E-state index < -0.39 is 11.7 Å². The summed E-state index contributed by atoms with van der Waals surface area (Å²) >= 11 is 0. The molecule has 3 rings (SSSR count). The summed E-state index contributed by atoms with van der Waals surface area (Å²) in [7, 11) is 3.82. The van der Waals surface area contributed by atoms with Crippen molar-refractivity contribution >= 4 is 23.0 Å². The molecule has 0 unspecified atom stereocenters. The molecule has 2 N–H and O–H groups in total. The Morgan fingerprint density at radius 2 is 1.96 bits per heavy atom. The van der Waals surface area contributed by atoms with E-state index in [2.05, 4.69) is 15.6 Å². The molecule has 0 fully saturated rings. The number of aromatic nitrogens is 2. The fourth-order valence-corrected chi connectivity index (χ4v) is 2.59. The smallest absolute Gasteiger partial charge is 0.287 e. The maximum atomic E-state index is 13.3. The topological polar surface area (TPSA) is 78.7 Å². The molecule has 7 nitrogen and oxygen atoms in total. The summed E-state index contributed by atoms with van der Waals surface area (Å²) in [5.74, 6) is -1.23. The highest BCUT2D eigenvalue weighted by Crippen LogP contribution is 2.16. The van der Waals surface area contributed by atoms with E-state index in [1.807, 2.05) is 19.0 Å². The van der Waals surface area contributed by atoms with Crippen molar-refractivity contribution < 1.29 is 14.0 Å². The van der Waals surface area contributed by atoms with Crippen molar-refractivity contribution in [1.82, 2.24) is 19.6 Å². The molecule has 27 heavy (non-hydrogen) atoms. The van der Waals surface area contributed by atoms with E-state index in [1.165, 1.54) is 18.2 Å². The predicted molar refractivity (Wildman–Crippen MR) is 100 cm³/mol. The maximum Gasteiger partial charge on any atom is 0.287 e. The van der Waals surface area contributed by atoms with Gasteiger partial charge in [-0.25, -0.2) is 9.37 Å². The van der Waals surface area contributed by atoms with Crippen LogP contribution in [0.15, 0.2) is 48.7 Å². The highest BCUT2D eigenvalue weighted by molar-refractivity contribution is 6.08. The zero-order chi connectivity index (χ0) is 19.4. The van der Waals surface area contributed by atoms with Crippen molar-refractivity contribution in [1.29, 1.82) is 0 Å². The molecule has 140 valence electrons. The van der Waals surface area contributed by atoms with Crippen molar-refractivity contribution in [2.45, 2.75) is 0 Å². The molecule has 0 atom stereocenters. The number of amides is 2. The quantitative estimate of drug-likeness (QED) is 0.697. The number of carbonyl (C=O) groups excluding carboxylic acids is 2. The third-order valence-electron chi connectivity index (χ3n) is 3.89. The molecule has 0 aliphatic heterocycles. The number of anilines is 1. The van der Waals surface area contributed by atoms with E-state index in [1.54, 1.807) is 34.9 Å². The van der Waals surface area contributed by atoms with E-state index in [0.29, 0.717) is 24.3 Å². The van der Waals surface area contributed by atoms with E-state index in [4.69, 9.17) is 0 Å². The van der Waals surface area contributed by atoms with E-state index >= 15 is 0 Å². The molecule has 3 aromatic rings. The Labute approximate surface area is 155 Å². The predicted octanol–water partition coefficient (Wildman–Crippen LogP) is 2.02. The van der Waals surface area contributed by atoms with E-state index in [-0.39, 0.29) is 17.4 Å². The van der Waals surface area contributed by atoms with Crippen LogP contribution in [0.5, 0.6) is 0 Å². The SMILES string of the molecule is CN(C)CCNC(=O)c1nc(C(=O)Nc2cccc(F)c2)c2ccccn12. The number of benzene rings is 1. The number of pyridine rings is 1. The first kappa shape index (κ1) is 18.5. The Balaban J connectivity index is 1.87. The van der Waals surface area contributed by atoms with Gasteiger partial charge in [-0.1, -0.05) is 12.1 Å². The number of imidazole rings is 1. The summed E-state index contributed by atoms with van der Waals surface area (Å²) in [6, 6.07) is 10.8. The van der Waals surface area contributed by atoms with Gasteiger partial charge in [0, 0.05) is 25.0 Å². The van der Waals surface area contributed by atoms with Gasteiger partial charge >= 0.3 is 0 Å². The van der Waals surface area contributed by atoms with Crippen molar-refractivity contribution in [3.05, 3.63) is 66.0 Å². The van der Waals surface area contributed by atoms with Crippen molar-refractivity contribution in [3.8, 4) is 0 Å². The van der Waals surface area contributed by atoms with Crippen LogP contribution in [0.3, 0.4) is 0 Å². The molecule has 2 amide bonds. The van der Waals surface area contributed by atoms with E-state index in [0.717, 1.165) is 0 Å². The Morgan fingerprint density at radius 3 is 2.70 bits per heavy atom. The minimum absolute atomic E-state index is 0.0950. The molecular weight excluding hydrogens is 349 g/mol. The van der Waals surface area contributed by atoms with Gasteiger partial charge in [-0.15, -0.1) is 0 Å². The lowest BCUT2D eigenvalue weighted by atomic mass is 10.2. The average Bonchev–Trinajstić information content (AvgIpc) is 3.01. The molecule has 2 aromatic heterocycles. The third kappa shape index (κ3) is 4.29. The Kier molecular flexibility index (Phi) is 5.46. The third-order valence-corrected chi connectivity index (χ3v) is 3.89. The molecule has 8 heteroatoms. The Bertz CT molecular complexity index is 983. The van der Waals surface area contributed by atoms with Crippen LogP contribution in [0.4, 0.5) is 10.1 Å². The first-order valence-corrected chi connectivity index (χ1v) is 8.42. The number of hydrogen-bond acceptors (Lipinski definition) is 4. The molecular formula is C19H20FN5O2. The highest BCUT2D eigenvalue weighted by Gasteiger charge is 2.21. The second kappa shape index (κ2) is 7.96. The lowest BCUT2D eigenvalue weighted by Crippen LogP contribution is -2.32. The van der Waals surface area contributed by atoms with Crippen LogP contribution in [0.1, 0.15) is 21.1 Å². The molecule has 2 heterocycles. The van der Waals surface area contributed by atoms with Crippen LogP contribution < -0.4 is 10.6 Å². The van der Waals surface area contributed by atoms with Crippen LogP contribution in [0.2, 0.25) is 0 Å². The van der Waals surface area contributed by atoms with Gasteiger partial charge in [0.2, 0.25) is 5.82 Å². The Hall–Kier alpha value is -3.26. The second-order valence-electron chi connectivity index (χ2n) is 6.26. The van der Waals surface area contributed by atoms with Gasteiger partial charge in [0.15, 0.2) is 5.69 Å². The van der Waals surface area contributed by atoms with Crippen LogP contribution in [0.25, 0.3) is 5.52 Å². The van der Waals surface area contributed by atoms with Crippen molar-refractivity contribution in [2.75, 3.05) is 32.5 Å². The van der Waals surface area contributed by atoms with Crippen LogP contribution in [0, 0.1) is 5.82 Å². The van der Waals surface area contributed by atoms with Gasteiger partial charge in [-0.3, -0.25) is 14.0 Å². The first-order chi connectivity index (χ1) is 13.0. The maximum absolute atomic E-state index is 13.3. The van der Waals surface area contributed by atoms with Gasteiger partial charge in [-0.2, -0.15) is 0 Å². The molecule has 0 bridgehead atoms. The van der Waals surface area contributed by atoms with Crippen molar-refractivity contribution in [2.24, 2.45) is 0 Å². The minimum atomic E-state index is -0.517. The molecule has 0 saturated carbocycles. The molecule has 0 saturated heterocycles. The summed E-state index contributed by atoms with van der Waals surface area (Å²) in [6.07, 6.45) is 1.67. The number of carbonyl (C=O) groups is 2.